The van der Waals surface area contributed by atoms with Gasteiger partial charge in [0.15, 0.2) is 0 Å². The van der Waals surface area contributed by atoms with E-state index in [9.17, 15) is 0 Å². The Morgan fingerprint density at radius 2 is 1.95 bits per heavy atom. The first-order valence-corrected chi connectivity index (χ1v) is 7.18. The van der Waals surface area contributed by atoms with E-state index in [1.807, 2.05) is 0 Å². The number of benzene rings is 1. The molecule has 0 aromatic heterocycles. The van der Waals surface area contributed by atoms with Crippen LogP contribution in [0.15, 0.2) is 30.3 Å². The highest BCUT2D eigenvalue weighted by molar-refractivity contribution is 5.20. The molecule has 2 unspecified atom stereocenters. The second-order valence-corrected chi connectivity index (χ2v) is 5.01. The molecular formula is C16H28N2O. The average Bonchev–Trinajstić information content (AvgIpc) is 2.45. The predicted octanol–water partition coefficient (Wildman–Crippen LogP) is 2.69. The SMILES string of the molecule is CCNC(c1ccccc1)C(C)N(C)CCCOC. The van der Waals surface area contributed by atoms with Crippen molar-refractivity contribution >= 4 is 0 Å². The Balaban J connectivity index is 2.64. The molecule has 3 nitrogen and oxygen atoms in total. The van der Waals surface area contributed by atoms with Crippen LogP contribution in [-0.4, -0.2) is 44.8 Å². The second kappa shape index (κ2) is 9.08. The fourth-order valence-corrected chi connectivity index (χ4v) is 2.36. The minimum absolute atomic E-state index is 0.374. The van der Waals surface area contributed by atoms with Crippen molar-refractivity contribution in [1.29, 1.82) is 0 Å². The summed E-state index contributed by atoms with van der Waals surface area (Å²) in [5.41, 5.74) is 1.36. The minimum atomic E-state index is 0.374. The van der Waals surface area contributed by atoms with Crippen LogP contribution in [0.5, 0.6) is 0 Å². The molecule has 0 saturated heterocycles. The van der Waals surface area contributed by atoms with Crippen molar-refractivity contribution < 1.29 is 4.74 Å². The number of hydrogen-bond donors (Lipinski definition) is 1. The van der Waals surface area contributed by atoms with Crippen LogP contribution in [0, 0.1) is 0 Å². The number of rotatable bonds is 9. The molecule has 0 aliphatic carbocycles. The summed E-state index contributed by atoms with van der Waals surface area (Å²) in [6.45, 7) is 7.31. The van der Waals surface area contributed by atoms with E-state index in [4.69, 9.17) is 4.74 Å². The van der Waals surface area contributed by atoms with Crippen molar-refractivity contribution in [2.24, 2.45) is 0 Å². The van der Waals surface area contributed by atoms with Gasteiger partial charge in [0.25, 0.3) is 0 Å². The van der Waals surface area contributed by atoms with E-state index in [1.165, 1.54) is 5.56 Å². The summed E-state index contributed by atoms with van der Waals surface area (Å²) in [6.07, 6.45) is 1.07. The fourth-order valence-electron chi connectivity index (χ4n) is 2.36. The van der Waals surface area contributed by atoms with Gasteiger partial charge in [-0.1, -0.05) is 37.3 Å². The van der Waals surface area contributed by atoms with Crippen molar-refractivity contribution in [1.82, 2.24) is 10.2 Å². The maximum atomic E-state index is 5.12. The Bertz CT molecular complexity index is 329. The maximum absolute atomic E-state index is 5.12. The van der Waals surface area contributed by atoms with Gasteiger partial charge >= 0.3 is 0 Å². The molecule has 0 saturated carbocycles. The molecule has 0 radical (unpaired) electrons. The molecule has 19 heavy (non-hydrogen) atoms. The zero-order chi connectivity index (χ0) is 14.1. The quantitative estimate of drug-likeness (QED) is 0.694. The molecule has 2 atom stereocenters. The Kier molecular flexibility index (Phi) is 7.72. The smallest absolute Gasteiger partial charge is 0.0475 e. The van der Waals surface area contributed by atoms with E-state index < -0.39 is 0 Å². The van der Waals surface area contributed by atoms with E-state index in [0.29, 0.717) is 12.1 Å². The highest BCUT2D eigenvalue weighted by Crippen LogP contribution is 2.20. The van der Waals surface area contributed by atoms with Crippen molar-refractivity contribution in [2.75, 3.05) is 33.9 Å². The molecule has 0 fully saturated rings. The number of likely N-dealkylation sites (N-methyl/N-ethyl adjacent to an activating group) is 2. The van der Waals surface area contributed by atoms with Crippen molar-refractivity contribution in [2.45, 2.75) is 32.4 Å². The molecule has 0 aliphatic rings. The number of hydrogen-bond acceptors (Lipinski definition) is 3. The Morgan fingerprint density at radius 1 is 1.26 bits per heavy atom. The highest BCUT2D eigenvalue weighted by atomic mass is 16.5. The van der Waals surface area contributed by atoms with Crippen LogP contribution in [0.3, 0.4) is 0 Å². The van der Waals surface area contributed by atoms with Gasteiger partial charge in [-0.05, 0) is 32.5 Å². The molecule has 108 valence electrons. The van der Waals surface area contributed by atoms with Crippen LogP contribution < -0.4 is 5.32 Å². The van der Waals surface area contributed by atoms with Crippen molar-refractivity contribution in [3.05, 3.63) is 35.9 Å². The average molecular weight is 264 g/mol. The Hall–Kier alpha value is -0.900. The van der Waals surface area contributed by atoms with Crippen LogP contribution in [-0.2, 0) is 4.74 Å². The largest absolute Gasteiger partial charge is 0.385 e. The minimum Gasteiger partial charge on any atom is -0.385 e. The molecule has 0 spiro atoms. The predicted molar refractivity (Wildman–Crippen MR) is 81.4 cm³/mol. The number of ether oxygens (including phenoxy) is 1. The number of nitrogens with zero attached hydrogens (tertiary/aromatic N) is 1. The third-order valence-electron chi connectivity index (χ3n) is 3.62. The summed E-state index contributed by atoms with van der Waals surface area (Å²) in [5, 5.41) is 3.60. The molecule has 1 N–H and O–H groups in total. The topological polar surface area (TPSA) is 24.5 Å². The van der Waals surface area contributed by atoms with Gasteiger partial charge in [-0.2, -0.15) is 0 Å². The molecule has 1 rings (SSSR count). The summed E-state index contributed by atoms with van der Waals surface area (Å²) < 4.78 is 5.12. The summed E-state index contributed by atoms with van der Waals surface area (Å²) >= 11 is 0. The lowest BCUT2D eigenvalue weighted by Gasteiger charge is -2.33. The van der Waals surface area contributed by atoms with E-state index in [-0.39, 0.29) is 0 Å². The zero-order valence-corrected chi connectivity index (χ0v) is 12.7. The maximum Gasteiger partial charge on any atom is 0.0475 e. The van der Waals surface area contributed by atoms with Gasteiger partial charge in [0.1, 0.15) is 0 Å². The third-order valence-corrected chi connectivity index (χ3v) is 3.62. The van der Waals surface area contributed by atoms with Gasteiger partial charge in [0.2, 0.25) is 0 Å². The van der Waals surface area contributed by atoms with Crippen LogP contribution in [0.4, 0.5) is 0 Å². The fraction of sp³-hybridized carbons (Fsp3) is 0.625. The van der Waals surface area contributed by atoms with Crippen molar-refractivity contribution in [3.8, 4) is 0 Å². The third kappa shape index (κ3) is 5.31. The van der Waals surface area contributed by atoms with Crippen LogP contribution in [0.25, 0.3) is 0 Å². The lowest BCUT2D eigenvalue weighted by Crippen LogP contribution is -2.41. The Morgan fingerprint density at radius 3 is 2.53 bits per heavy atom. The first kappa shape index (κ1) is 16.2. The summed E-state index contributed by atoms with van der Waals surface area (Å²) in [5.74, 6) is 0. The lowest BCUT2D eigenvalue weighted by molar-refractivity contribution is 0.156. The van der Waals surface area contributed by atoms with Gasteiger partial charge in [-0.3, -0.25) is 0 Å². The molecule has 1 aromatic rings. The molecule has 0 heterocycles. The molecule has 3 heteroatoms. The molecular weight excluding hydrogens is 236 g/mol. The monoisotopic (exact) mass is 264 g/mol. The van der Waals surface area contributed by atoms with Crippen LogP contribution >= 0.6 is 0 Å². The first-order chi connectivity index (χ1) is 9.20. The Labute approximate surface area is 118 Å². The number of nitrogens with one attached hydrogen (secondary N) is 1. The summed E-state index contributed by atoms with van der Waals surface area (Å²) in [7, 11) is 3.95. The molecule has 0 aliphatic heterocycles. The summed E-state index contributed by atoms with van der Waals surface area (Å²) in [6, 6.07) is 11.5. The van der Waals surface area contributed by atoms with Gasteiger partial charge < -0.3 is 15.0 Å². The van der Waals surface area contributed by atoms with E-state index in [2.05, 4.69) is 61.4 Å². The molecule has 1 aromatic carbocycles. The molecule has 0 bridgehead atoms. The highest BCUT2D eigenvalue weighted by Gasteiger charge is 2.21. The van der Waals surface area contributed by atoms with Gasteiger partial charge in [0.05, 0.1) is 0 Å². The van der Waals surface area contributed by atoms with Gasteiger partial charge in [-0.25, -0.2) is 0 Å². The number of methoxy groups -OCH3 is 1. The zero-order valence-electron chi connectivity index (χ0n) is 12.7. The summed E-state index contributed by atoms with van der Waals surface area (Å²) in [4.78, 5) is 2.40. The standard InChI is InChI=1S/C16H28N2O/c1-5-17-16(15-10-7-6-8-11-15)14(2)18(3)12-9-13-19-4/h6-8,10-11,14,16-17H,5,9,12-13H2,1-4H3. The van der Waals surface area contributed by atoms with Crippen LogP contribution in [0.1, 0.15) is 31.9 Å². The lowest BCUT2D eigenvalue weighted by atomic mass is 9.99. The first-order valence-electron chi connectivity index (χ1n) is 7.18. The van der Waals surface area contributed by atoms with Crippen molar-refractivity contribution in [3.63, 3.8) is 0 Å². The normalized spacial score (nSPS) is 14.6. The van der Waals surface area contributed by atoms with Crippen LogP contribution in [0.2, 0.25) is 0 Å². The second-order valence-electron chi connectivity index (χ2n) is 5.01. The van der Waals surface area contributed by atoms with Gasteiger partial charge in [-0.15, -0.1) is 0 Å². The molecule has 0 amide bonds. The van der Waals surface area contributed by atoms with E-state index in [1.54, 1.807) is 7.11 Å². The van der Waals surface area contributed by atoms with E-state index in [0.717, 1.165) is 26.1 Å². The van der Waals surface area contributed by atoms with E-state index >= 15 is 0 Å². The van der Waals surface area contributed by atoms with Gasteiger partial charge in [0, 0.05) is 32.3 Å².